The van der Waals surface area contributed by atoms with Crippen LogP contribution in [-0.4, -0.2) is 18.1 Å². The minimum absolute atomic E-state index is 0.363. The molecule has 2 heteroatoms. The standard InChI is InChI=1S/C17H31ClO/c1-2-3-4-5-6-10-13-19-16-14-15(18)17(16)11-8-7-9-12-17/h15-16H,2-14H2,1H3. The lowest BCUT2D eigenvalue weighted by molar-refractivity contribution is -0.124. The van der Waals surface area contributed by atoms with Crippen molar-refractivity contribution in [1.29, 1.82) is 0 Å². The topological polar surface area (TPSA) is 9.23 Å². The smallest absolute Gasteiger partial charge is 0.0659 e. The van der Waals surface area contributed by atoms with Gasteiger partial charge in [0.05, 0.1) is 6.10 Å². The molecule has 0 aliphatic heterocycles. The van der Waals surface area contributed by atoms with Crippen LogP contribution in [0.3, 0.4) is 0 Å². The Bertz CT molecular complexity index is 248. The predicted molar refractivity (Wildman–Crippen MR) is 82.9 cm³/mol. The van der Waals surface area contributed by atoms with Gasteiger partial charge in [0.15, 0.2) is 0 Å². The third kappa shape index (κ3) is 3.88. The van der Waals surface area contributed by atoms with E-state index in [1.807, 2.05) is 0 Å². The van der Waals surface area contributed by atoms with Crippen LogP contribution >= 0.6 is 11.6 Å². The first-order valence-corrected chi connectivity index (χ1v) is 8.99. The number of halogens is 1. The van der Waals surface area contributed by atoms with E-state index in [2.05, 4.69) is 6.92 Å². The Labute approximate surface area is 124 Å². The van der Waals surface area contributed by atoms with Gasteiger partial charge in [-0.15, -0.1) is 11.6 Å². The minimum atomic E-state index is 0.363. The molecule has 2 fully saturated rings. The summed E-state index contributed by atoms with van der Waals surface area (Å²) in [6, 6.07) is 0. The summed E-state index contributed by atoms with van der Waals surface area (Å²) in [6.45, 7) is 3.23. The van der Waals surface area contributed by atoms with E-state index in [4.69, 9.17) is 16.3 Å². The van der Waals surface area contributed by atoms with Gasteiger partial charge < -0.3 is 4.74 Å². The van der Waals surface area contributed by atoms with Crippen LogP contribution in [0.15, 0.2) is 0 Å². The van der Waals surface area contributed by atoms with Crippen LogP contribution in [0.5, 0.6) is 0 Å². The molecule has 0 saturated heterocycles. The lowest BCUT2D eigenvalue weighted by Crippen LogP contribution is -2.56. The summed E-state index contributed by atoms with van der Waals surface area (Å²) in [4.78, 5) is 0. The van der Waals surface area contributed by atoms with E-state index < -0.39 is 0 Å². The van der Waals surface area contributed by atoms with E-state index in [9.17, 15) is 0 Å². The fraction of sp³-hybridized carbons (Fsp3) is 1.00. The second kappa shape index (κ2) is 7.88. The van der Waals surface area contributed by atoms with Crippen molar-refractivity contribution in [1.82, 2.24) is 0 Å². The molecule has 0 aromatic carbocycles. The fourth-order valence-electron chi connectivity index (χ4n) is 3.89. The Morgan fingerprint density at radius 1 is 1.00 bits per heavy atom. The van der Waals surface area contributed by atoms with Gasteiger partial charge in [0, 0.05) is 17.4 Å². The zero-order valence-corrected chi connectivity index (χ0v) is 13.4. The van der Waals surface area contributed by atoms with Crippen LogP contribution in [0, 0.1) is 5.41 Å². The van der Waals surface area contributed by atoms with Crippen LogP contribution in [-0.2, 0) is 4.74 Å². The summed E-state index contributed by atoms with van der Waals surface area (Å²) in [5.74, 6) is 0. The Balaban J connectivity index is 1.58. The minimum Gasteiger partial charge on any atom is -0.378 e. The highest BCUT2D eigenvalue weighted by Gasteiger charge is 2.54. The van der Waals surface area contributed by atoms with E-state index in [0.717, 1.165) is 13.0 Å². The molecule has 2 aliphatic rings. The summed E-state index contributed by atoms with van der Waals surface area (Å²) >= 11 is 6.50. The Morgan fingerprint density at radius 2 is 1.68 bits per heavy atom. The van der Waals surface area contributed by atoms with Crippen molar-refractivity contribution in [3.8, 4) is 0 Å². The molecule has 0 heterocycles. The molecular weight excluding hydrogens is 256 g/mol. The van der Waals surface area contributed by atoms with E-state index in [-0.39, 0.29) is 0 Å². The molecule has 1 spiro atoms. The quantitative estimate of drug-likeness (QED) is 0.411. The number of alkyl halides is 1. The highest BCUT2D eigenvalue weighted by Crippen LogP contribution is 2.55. The molecule has 0 N–H and O–H groups in total. The van der Waals surface area contributed by atoms with E-state index in [0.29, 0.717) is 16.9 Å². The number of hydrogen-bond acceptors (Lipinski definition) is 1. The van der Waals surface area contributed by atoms with Crippen molar-refractivity contribution >= 4 is 11.6 Å². The third-order valence-corrected chi connectivity index (χ3v) is 5.90. The lowest BCUT2D eigenvalue weighted by Gasteiger charge is -2.55. The predicted octanol–water partition coefficient (Wildman–Crippen LogP) is 5.69. The maximum Gasteiger partial charge on any atom is 0.0659 e. The first-order chi connectivity index (χ1) is 9.29. The molecule has 19 heavy (non-hydrogen) atoms. The molecule has 0 aromatic heterocycles. The molecule has 2 saturated carbocycles. The average Bonchev–Trinajstić information content (AvgIpc) is 2.46. The summed E-state index contributed by atoms with van der Waals surface area (Å²) in [5, 5.41) is 0.391. The lowest BCUT2D eigenvalue weighted by atomic mass is 9.58. The van der Waals surface area contributed by atoms with Crippen molar-refractivity contribution < 1.29 is 4.74 Å². The highest BCUT2D eigenvalue weighted by atomic mass is 35.5. The van der Waals surface area contributed by atoms with Crippen LogP contribution < -0.4 is 0 Å². The number of unbranched alkanes of at least 4 members (excludes halogenated alkanes) is 5. The Morgan fingerprint density at radius 3 is 2.37 bits per heavy atom. The molecule has 2 aliphatic carbocycles. The molecule has 0 amide bonds. The molecular formula is C17H31ClO. The molecule has 112 valence electrons. The van der Waals surface area contributed by atoms with Gasteiger partial charge in [-0.05, 0) is 25.7 Å². The molecule has 2 unspecified atom stereocenters. The zero-order chi connectivity index (χ0) is 13.6. The van der Waals surface area contributed by atoms with Gasteiger partial charge in [-0.3, -0.25) is 0 Å². The van der Waals surface area contributed by atoms with Crippen molar-refractivity contribution in [2.75, 3.05) is 6.61 Å². The van der Waals surface area contributed by atoms with Crippen molar-refractivity contribution in [3.63, 3.8) is 0 Å². The van der Waals surface area contributed by atoms with Crippen LogP contribution in [0.25, 0.3) is 0 Å². The Hall–Kier alpha value is 0.250. The number of rotatable bonds is 8. The van der Waals surface area contributed by atoms with Gasteiger partial charge in [0.25, 0.3) is 0 Å². The van der Waals surface area contributed by atoms with E-state index >= 15 is 0 Å². The maximum atomic E-state index is 6.50. The first kappa shape index (κ1) is 15.6. The largest absolute Gasteiger partial charge is 0.378 e. The molecule has 1 nitrogen and oxygen atoms in total. The zero-order valence-electron chi connectivity index (χ0n) is 12.6. The summed E-state index contributed by atoms with van der Waals surface area (Å²) < 4.78 is 6.16. The number of hydrogen-bond donors (Lipinski definition) is 0. The van der Waals surface area contributed by atoms with Crippen molar-refractivity contribution in [2.45, 2.75) is 95.5 Å². The third-order valence-electron chi connectivity index (χ3n) is 5.29. The van der Waals surface area contributed by atoms with Gasteiger partial charge in [-0.1, -0.05) is 58.3 Å². The molecule has 2 atom stereocenters. The second-order valence-corrected chi connectivity index (χ2v) is 7.15. The summed E-state index contributed by atoms with van der Waals surface area (Å²) in [6.07, 6.45) is 16.4. The maximum absolute atomic E-state index is 6.50. The first-order valence-electron chi connectivity index (χ1n) is 8.55. The fourth-order valence-corrected chi connectivity index (χ4v) is 4.41. The van der Waals surface area contributed by atoms with Crippen molar-refractivity contribution in [3.05, 3.63) is 0 Å². The van der Waals surface area contributed by atoms with Crippen LogP contribution in [0.1, 0.15) is 84.0 Å². The summed E-state index contributed by atoms with van der Waals surface area (Å²) in [5.41, 5.74) is 0.363. The molecule has 0 bridgehead atoms. The number of ether oxygens (including phenoxy) is 1. The SMILES string of the molecule is CCCCCCCCOC1CC(Cl)C12CCCCC2. The van der Waals surface area contributed by atoms with Gasteiger partial charge >= 0.3 is 0 Å². The van der Waals surface area contributed by atoms with Crippen molar-refractivity contribution in [2.24, 2.45) is 5.41 Å². The second-order valence-electron chi connectivity index (χ2n) is 6.62. The molecule has 0 radical (unpaired) electrons. The van der Waals surface area contributed by atoms with Gasteiger partial charge in [0.1, 0.15) is 0 Å². The van der Waals surface area contributed by atoms with Gasteiger partial charge in [0.2, 0.25) is 0 Å². The molecule has 0 aromatic rings. The van der Waals surface area contributed by atoms with Gasteiger partial charge in [-0.2, -0.15) is 0 Å². The van der Waals surface area contributed by atoms with E-state index in [1.165, 1.54) is 70.6 Å². The summed E-state index contributed by atoms with van der Waals surface area (Å²) in [7, 11) is 0. The van der Waals surface area contributed by atoms with Gasteiger partial charge in [-0.25, -0.2) is 0 Å². The highest BCUT2D eigenvalue weighted by molar-refractivity contribution is 6.21. The molecule has 2 rings (SSSR count). The normalized spacial score (nSPS) is 29.4. The average molecular weight is 287 g/mol. The Kier molecular flexibility index (Phi) is 6.49. The van der Waals surface area contributed by atoms with E-state index in [1.54, 1.807) is 0 Å². The van der Waals surface area contributed by atoms with Crippen LogP contribution in [0.2, 0.25) is 0 Å². The monoisotopic (exact) mass is 286 g/mol. The van der Waals surface area contributed by atoms with Crippen LogP contribution in [0.4, 0.5) is 0 Å².